The molecule has 2 saturated carbocycles. The lowest BCUT2D eigenvalue weighted by Crippen LogP contribution is -2.58. The van der Waals surface area contributed by atoms with E-state index in [1.807, 2.05) is 6.07 Å². The van der Waals surface area contributed by atoms with E-state index in [2.05, 4.69) is 15.6 Å². The van der Waals surface area contributed by atoms with Crippen molar-refractivity contribution in [2.75, 3.05) is 38.7 Å². The second-order valence-corrected chi connectivity index (χ2v) is 11.5. The highest BCUT2D eigenvalue weighted by Gasteiger charge is 2.46. The lowest BCUT2D eigenvalue weighted by atomic mass is 9.96. The number of aromatic nitrogens is 2. The number of benzene rings is 1. The van der Waals surface area contributed by atoms with Crippen LogP contribution >= 0.6 is 0 Å². The van der Waals surface area contributed by atoms with Crippen LogP contribution in [0.25, 0.3) is 11.1 Å². The molecule has 0 radical (unpaired) electrons. The fourth-order valence-electron chi connectivity index (χ4n) is 5.28. The third kappa shape index (κ3) is 6.45. The maximum atomic E-state index is 13.6. The zero-order valence-electron chi connectivity index (χ0n) is 23.7. The van der Waals surface area contributed by atoms with Gasteiger partial charge in [-0.25, -0.2) is 13.8 Å². The number of phenolic OH excluding ortho intramolecular Hbond substituents is 1. The van der Waals surface area contributed by atoms with Gasteiger partial charge in [0.1, 0.15) is 17.1 Å². The fourth-order valence-corrected chi connectivity index (χ4v) is 5.28. The summed E-state index contributed by atoms with van der Waals surface area (Å²) < 4.78 is 33.7. The van der Waals surface area contributed by atoms with E-state index in [4.69, 9.17) is 4.74 Å². The first kappa shape index (κ1) is 28.9. The number of ether oxygens (including phenoxy) is 1. The van der Waals surface area contributed by atoms with Gasteiger partial charge in [0.05, 0.1) is 25.3 Å². The summed E-state index contributed by atoms with van der Waals surface area (Å²) >= 11 is 0. The molecule has 1 aromatic carbocycles. The van der Waals surface area contributed by atoms with Crippen molar-refractivity contribution in [3.63, 3.8) is 0 Å². The molecule has 0 atom stereocenters. The average Bonchev–Trinajstić information content (AvgIpc) is 3.87. The summed E-state index contributed by atoms with van der Waals surface area (Å²) in [7, 11) is 1.61. The van der Waals surface area contributed by atoms with Gasteiger partial charge in [-0.15, -0.1) is 0 Å². The molecule has 0 spiro atoms. The zero-order chi connectivity index (χ0) is 30.3. The van der Waals surface area contributed by atoms with Gasteiger partial charge in [0.15, 0.2) is 0 Å². The van der Waals surface area contributed by atoms with Crippen molar-refractivity contribution in [2.24, 2.45) is 0 Å². The number of pyridine rings is 2. The summed E-state index contributed by atoms with van der Waals surface area (Å²) in [5.41, 5.74) is 2.14. The zero-order valence-corrected chi connectivity index (χ0v) is 23.7. The number of phenols is 1. The number of hydrogen-bond donors (Lipinski definition) is 3. The molecule has 6 rings (SSSR count). The van der Waals surface area contributed by atoms with Gasteiger partial charge in [0.2, 0.25) is 0 Å². The quantitative estimate of drug-likeness (QED) is 0.288. The average molecular weight is 594 g/mol. The number of rotatable bonds is 11. The Morgan fingerprint density at radius 3 is 2.53 bits per heavy atom. The number of hydrogen-bond acceptors (Lipinski definition) is 7. The summed E-state index contributed by atoms with van der Waals surface area (Å²) in [6.45, 7) is 0.219. The minimum absolute atomic E-state index is 0.00247. The number of aromatic hydroxyl groups is 1. The molecule has 226 valence electrons. The second kappa shape index (κ2) is 11.5. The summed E-state index contributed by atoms with van der Waals surface area (Å²) in [6.07, 6.45) is 5.37. The maximum absolute atomic E-state index is 13.6. The van der Waals surface area contributed by atoms with E-state index in [0.717, 1.165) is 36.1 Å². The number of carbonyl (C=O) groups excluding carboxylic acids is 2. The van der Waals surface area contributed by atoms with Gasteiger partial charge in [-0.05, 0) is 78.8 Å². The number of halogens is 2. The van der Waals surface area contributed by atoms with Crippen molar-refractivity contribution in [1.82, 2.24) is 19.8 Å². The van der Waals surface area contributed by atoms with Gasteiger partial charge in [-0.2, -0.15) is 0 Å². The summed E-state index contributed by atoms with van der Waals surface area (Å²) in [4.78, 5) is 45.7. The topological polar surface area (TPSA) is 126 Å². The van der Waals surface area contributed by atoms with Crippen LogP contribution < -0.4 is 16.2 Å². The molecular formula is C31H33F2N5O5. The minimum atomic E-state index is -2.94. The molecule has 0 bridgehead atoms. The van der Waals surface area contributed by atoms with E-state index in [0.29, 0.717) is 36.5 Å². The van der Waals surface area contributed by atoms with Gasteiger partial charge < -0.3 is 29.9 Å². The van der Waals surface area contributed by atoms with Gasteiger partial charge in [-0.1, -0.05) is 0 Å². The Balaban J connectivity index is 1.31. The van der Waals surface area contributed by atoms with Gasteiger partial charge >= 0.3 is 0 Å². The number of carbonyl (C=O) groups is 2. The Kier molecular flexibility index (Phi) is 7.74. The summed E-state index contributed by atoms with van der Waals surface area (Å²) in [5.74, 6) is -3.96. The number of alkyl halides is 2. The van der Waals surface area contributed by atoms with Crippen molar-refractivity contribution in [2.45, 2.75) is 50.1 Å². The van der Waals surface area contributed by atoms with Crippen molar-refractivity contribution >= 4 is 17.6 Å². The van der Waals surface area contributed by atoms with Gasteiger partial charge in [-0.3, -0.25) is 14.4 Å². The van der Waals surface area contributed by atoms with Crippen LogP contribution in [-0.4, -0.2) is 70.6 Å². The highest BCUT2D eigenvalue weighted by atomic mass is 19.3. The van der Waals surface area contributed by atoms with Crippen LogP contribution in [-0.2, 0) is 11.3 Å². The Morgan fingerprint density at radius 2 is 1.86 bits per heavy atom. The van der Waals surface area contributed by atoms with Crippen LogP contribution in [0.5, 0.6) is 5.75 Å². The first-order chi connectivity index (χ1) is 20.6. The first-order valence-electron chi connectivity index (χ1n) is 14.4. The van der Waals surface area contributed by atoms with Crippen LogP contribution in [0.1, 0.15) is 69.6 Å². The van der Waals surface area contributed by atoms with Gasteiger partial charge in [0, 0.05) is 44.0 Å². The van der Waals surface area contributed by atoms with E-state index in [9.17, 15) is 28.3 Å². The molecule has 10 nitrogen and oxygen atoms in total. The predicted molar refractivity (Wildman–Crippen MR) is 155 cm³/mol. The molecule has 3 aliphatic rings. The molecule has 3 fully saturated rings. The standard InChI is InChI=1S/C31H33F2N5O5/c1-43-9-8-34-14-18-10-25(30(42)38(15-18)21-4-5-21)28(40)36-27-12-20(11-26(35-27)19-2-3-19)23-7-6-22(39)13-24(23)29(41)37-16-31(32,33)17-37/h6-7,10-13,15,19,21,34,39H,2-5,8-9,14,16-17H2,1H3,(H,35,36,40). The van der Waals surface area contributed by atoms with Crippen LogP contribution in [0.15, 0.2) is 47.4 Å². The number of likely N-dealkylation sites (tertiary alicyclic amines) is 1. The van der Waals surface area contributed by atoms with Gasteiger partial charge in [0.25, 0.3) is 23.3 Å². The molecule has 2 aromatic heterocycles. The number of nitrogens with zero attached hydrogens (tertiary/aromatic N) is 3. The third-order valence-corrected chi connectivity index (χ3v) is 7.86. The molecule has 1 aliphatic heterocycles. The number of anilines is 1. The third-order valence-electron chi connectivity index (χ3n) is 7.86. The predicted octanol–water partition coefficient (Wildman–Crippen LogP) is 3.91. The molecule has 2 aliphatic carbocycles. The van der Waals surface area contributed by atoms with Crippen molar-refractivity contribution in [3.05, 3.63) is 75.3 Å². The monoisotopic (exact) mass is 593 g/mol. The molecule has 3 aromatic rings. The van der Waals surface area contributed by atoms with Crippen LogP contribution in [0.2, 0.25) is 0 Å². The van der Waals surface area contributed by atoms with Crippen molar-refractivity contribution < 1.29 is 28.2 Å². The van der Waals surface area contributed by atoms with E-state index in [-0.39, 0.29) is 40.2 Å². The molecule has 43 heavy (non-hydrogen) atoms. The maximum Gasteiger partial charge on any atom is 0.282 e. The van der Waals surface area contributed by atoms with E-state index < -0.39 is 30.8 Å². The summed E-state index contributed by atoms with van der Waals surface area (Å²) in [6, 6.07) is 9.28. The Hall–Kier alpha value is -4.16. The van der Waals surface area contributed by atoms with E-state index >= 15 is 0 Å². The van der Waals surface area contributed by atoms with Crippen molar-refractivity contribution in [3.8, 4) is 16.9 Å². The normalized spacial score (nSPS) is 17.4. The van der Waals surface area contributed by atoms with E-state index in [1.165, 1.54) is 12.1 Å². The van der Waals surface area contributed by atoms with Crippen molar-refractivity contribution in [1.29, 1.82) is 0 Å². The SMILES string of the molecule is COCCNCc1cc(C(=O)Nc2cc(-c3ccc(O)cc3C(=O)N3CC(F)(F)C3)cc(C3CC3)n2)c(=O)n(C2CC2)c1. The number of methoxy groups -OCH3 is 1. The second-order valence-electron chi connectivity index (χ2n) is 11.5. The molecule has 12 heteroatoms. The highest BCUT2D eigenvalue weighted by Crippen LogP contribution is 2.42. The molecular weight excluding hydrogens is 560 g/mol. The number of nitrogens with one attached hydrogen (secondary N) is 2. The Morgan fingerprint density at radius 1 is 1.09 bits per heavy atom. The van der Waals surface area contributed by atoms with Crippen LogP contribution in [0.3, 0.4) is 0 Å². The first-order valence-corrected chi connectivity index (χ1v) is 14.4. The lowest BCUT2D eigenvalue weighted by molar-refractivity contribution is -0.113. The fraction of sp³-hybridized carbons (Fsp3) is 0.419. The molecule has 2 amide bonds. The molecule has 3 heterocycles. The molecule has 0 unspecified atom stereocenters. The highest BCUT2D eigenvalue weighted by molar-refractivity contribution is 6.05. The minimum Gasteiger partial charge on any atom is -0.508 e. The lowest BCUT2D eigenvalue weighted by Gasteiger charge is -2.39. The Bertz CT molecular complexity index is 1630. The molecule has 1 saturated heterocycles. The summed E-state index contributed by atoms with van der Waals surface area (Å²) in [5, 5.41) is 16.2. The smallest absolute Gasteiger partial charge is 0.282 e. The van der Waals surface area contributed by atoms with Crippen LogP contribution in [0, 0.1) is 0 Å². The Labute approximate surface area is 246 Å². The molecule has 3 N–H and O–H groups in total. The van der Waals surface area contributed by atoms with Crippen LogP contribution in [0.4, 0.5) is 14.6 Å². The van der Waals surface area contributed by atoms with E-state index in [1.54, 1.807) is 36.1 Å². The largest absolute Gasteiger partial charge is 0.508 e. The number of amides is 2.